The Bertz CT molecular complexity index is 883. The molecule has 0 aliphatic carbocycles. The number of hydrogen-bond acceptors (Lipinski definition) is 2. The zero-order valence-electron chi connectivity index (χ0n) is 12.8. The molecular weight excluding hydrogens is 296 g/mol. The number of pyridine rings is 1. The maximum absolute atomic E-state index is 12.7. The fraction of sp³-hybridized carbons (Fsp3) is 0.278. The molecule has 0 bridgehead atoms. The smallest absolute Gasteiger partial charge is 0.197 e. The third-order valence-electron chi connectivity index (χ3n) is 3.92. The normalized spacial score (nSPS) is 11.6. The van der Waals surface area contributed by atoms with E-state index in [1.165, 1.54) is 0 Å². The van der Waals surface area contributed by atoms with Gasteiger partial charge in [-0.05, 0) is 57.4 Å². The second-order valence-electron chi connectivity index (χ2n) is 5.82. The van der Waals surface area contributed by atoms with Gasteiger partial charge in [0.2, 0.25) is 0 Å². The first-order valence-corrected chi connectivity index (χ1v) is 7.81. The molecule has 2 aromatic carbocycles. The largest absolute Gasteiger partial charge is 0.340 e. The third-order valence-corrected chi connectivity index (χ3v) is 4.16. The van der Waals surface area contributed by atoms with E-state index in [2.05, 4.69) is 23.6 Å². The van der Waals surface area contributed by atoms with Gasteiger partial charge >= 0.3 is 0 Å². The minimum Gasteiger partial charge on any atom is -0.340 e. The quantitative estimate of drug-likeness (QED) is 0.685. The first-order chi connectivity index (χ1) is 10.6. The Kier molecular flexibility index (Phi) is 4.19. The van der Waals surface area contributed by atoms with Crippen LogP contribution in [0, 0.1) is 0 Å². The number of rotatable bonds is 4. The number of fused-ring (bicyclic) bond motifs is 2. The molecule has 1 heterocycles. The summed E-state index contributed by atoms with van der Waals surface area (Å²) in [5, 5.41) is 2.15. The van der Waals surface area contributed by atoms with Gasteiger partial charge in [-0.1, -0.05) is 23.7 Å². The summed E-state index contributed by atoms with van der Waals surface area (Å²) in [6.45, 7) is 1.86. The molecule has 0 spiro atoms. The molecule has 3 nitrogen and oxygen atoms in total. The zero-order valence-corrected chi connectivity index (χ0v) is 13.6. The number of para-hydroxylation sites is 1. The number of benzene rings is 2. The van der Waals surface area contributed by atoms with E-state index in [9.17, 15) is 4.79 Å². The van der Waals surface area contributed by atoms with Crippen molar-refractivity contribution in [1.82, 2.24) is 9.47 Å². The summed E-state index contributed by atoms with van der Waals surface area (Å²) in [6, 6.07) is 13.3. The van der Waals surface area contributed by atoms with Gasteiger partial charge in [0.1, 0.15) is 0 Å². The van der Waals surface area contributed by atoms with Gasteiger partial charge in [0, 0.05) is 22.3 Å². The van der Waals surface area contributed by atoms with Gasteiger partial charge in [-0.2, -0.15) is 0 Å². The van der Waals surface area contributed by atoms with Crippen molar-refractivity contribution in [2.45, 2.75) is 13.0 Å². The molecule has 3 aromatic rings. The molecule has 0 saturated carbocycles. The summed E-state index contributed by atoms with van der Waals surface area (Å²) in [7, 11) is 4.14. The maximum Gasteiger partial charge on any atom is 0.197 e. The zero-order chi connectivity index (χ0) is 15.7. The lowest BCUT2D eigenvalue weighted by molar-refractivity contribution is 0.389. The van der Waals surface area contributed by atoms with Gasteiger partial charge in [0.25, 0.3) is 0 Å². The van der Waals surface area contributed by atoms with E-state index in [4.69, 9.17) is 11.6 Å². The highest BCUT2D eigenvalue weighted by Crippen LogP contribution is 2.22. The average molecular weight is 315 g/mol. The van der Waals surface area contributed by atoms with Crippen LogP contribution < -0.4 is 5.43 Å². The Morgan fingerprint density at radius 3 is 2.55 bits per heavy atom. The van der Waals surface area contributed by atoms with Crippen molar-refractivity contribution < 1.29 is 0 Å². The highest BCUT2D eigenvalue weighted by molar-refractivity contribution is 6.31. The van der Waals surface area contributed by atoms with Crippen LogP contribution >= 0.6 is 11.6 Å². The first-order valence-electron chi connectivity index (χ1n) is 7.43. The summed E-state index contributed by atoms with van der Waals surface area (Å²) in [4.78, 5) is 14.8. The first kappa shape index (κ1) is 15.1. The van der Waals surface area contributed by atoms with Crippen LogP contribution in [0.1, 0.15) is 6.42 Å². The van der Waals surface area contributed by atoms with Crippen molar-refractivity contribution in [3.63, 3.8) is 0 Å². The minimum atomic E-state index is 0.0751. The summed E-state index contributed by atoms with van der Waals surface area (Å²) in [6.07, 6.45) is 1.02. The lowest BCUT2D eigenvalue weighted by atomic mass is 10.1. The van der Waals surface area contributed by atoms with E-state index in [0.29, 0.717) is 5.02 Å². The summed E-state index contributed by atoms with van der Waals surface area (Å²) in [5.41, 5.74) is 1.96. The molecule has 0 radical (unpaired) electrons. The van der Waals surface area contributed by atoms with Gasteiger partial charge in [-0.15, -0.1) is 0 Å². The predicted octanol–water partition coefficient (Wildman–Crippen LogP) is 3.76. The Hall–Kier alpha value is -1.84. The number of halogens is 1. The highest BCUT2D eigenvalue weighted by atomic mass is 35.5. The lowest BCUT2D eigenvalue weighted by Crippen LogP contribution is -2.17. The average Bonchev–Trinajstić information content (AvgIpc) is 2.50. The van der Waals surface area contributed by atoms with Crippen LogP contribution in [0.15, 0.2) is 47.3 Å². The maximum atomic E-state index is 12.7. The van der Waals surface area contributed by atoms with Crippen molar-refractivity contribution >= 4 is 33.4 Å². The molecule has 0 aliphatic heterocycles. The van der Waals surface area contributed by atoms with Gasteiger partial charge in [-0.3, -0.25) is 4.79 Å². The van der Waals surface area contributed by atoms with Crippen LogP contribution in [0.2, 0.25) is 5.02 Å². The topological polar surface area (TPSA) is 25.2 Å². The molecule has 0 amide bonds. The fourth-order valence-corrected chi connectivity index (χ4v) is 3.05. The van der Waals surface area contributed by atoms with E-state index >= 15 is 0 Å². The molecule has 114 valence electrons. The minimum absolute atomic E-state index is 0.0751. The number of nitrogens with zero attached hydrogens (tertiary/aromatic N) is 2. The Morgan fingerprint density at radius 1 is 1.05 bits per heavy atom. The molecule has 0 saturated heterocycles. The van der Waals surface area contributed by atoms with Gasteiger partial charge < -0.3 is 9.47 Å². The molecule has 0 fully saturated rings. The molecule has 0 N–H and O–H groups in total. The van der Waals surface area contributed by atoms with Crippen molar-refractivity contribution in [2.24, 2.45) is 0 Å². The SMILES string of the molecule is CN(C)CCCn1c2ccccc2c(=O)c2ccc(Cl)cc21. The van der Waals surface area contributed by atoms with E-state index in [-0.39, 0.29) is 5.43 Å². The standard InChI is InChI=1S/C18H19ClN2O/c1-20(2)10-5-11-21-16-7-4-3-6-14(16)18(22)15-9-8-13(19)12-17(15)21/h3-4,6-9,12H,5,10-11H2,1-2H3. The molecule has 22 heavy (non-hydrogen) atoms. The van der Waals surface area contributed by atoms with Crippen molar-refractivity contribution in [3.8, 4) is 0 Å². The van der Waals surface area contributed by atoms with E-state index in [0.717, 1.165) is 41.3 Å². The van der Waals surface area contributed by atoms with Crippen LogP contribution in [0.3, 0.4) is 0 Å². The van der Waals surface area contributed by atoms with Gasteiger partial charge in [0.15, 0.2) is 5.43 Å². The molecule has 1 aromatic heterocycles. The second kappa shape index (κ2) is 6.11. The van der Waals surface area contributed by atoms with Crippen molar-refractivity contribution in [1.29, 1.82) is 0 Å². The molecule has 4 heteroatoms. The van der Waals surface area contributed by atoms with Crippen LogP contribution in [0.4, 0.5) is 0 Å². The summed E-state index contributed by atoms with van der Waals surface area (Å²) < 4.78 is 2.21. The Balaban J connectivity index is 2.26. The number of hydrogen-bond donors (Lipinski definition) is 0. The summed E-state index contributed by atoms with van der Waals surface area (Å²) in [5.74, 6) is 0. The van der Waals surface area contributed by atoms with Gasteiger partial charge in [0.05, 0.1) is 11.0 Å². The third kappa shape index (κ3) is 2.74. The number of aromatic nitrogens is 1. The molecule has 0 atom stereocenters. The van der Waals surface area contributed by atoms with E-state index < -0.39 is 0 Å². The van der Waals surface area contributed by atoms with E-state index in [1.54, 1.807) is 6.07 Å². The lowest BCUT2D eigenvalue weighted by Gasteiger charge is -2.16. The van der Waals surface area contributed by atoms with Crippen LogP contribution in [0.25, 0.3) is 21.8 Å². The molecular formula is C18H19ClN2O. The molecule has 3 rings (SSSR count). The highest BCUT2D eigenvalue weighted by Gasteiger charge is 2.10. The van der Waals surface area contributed by atoms with Gasteiger partial charge in [-0.25, -0.2) is 0 Å². The van der Waals surface area contributed by atoms with Crippen LogP contribution in [-0.4, -0.2) is 30.1 Å². The van der Waals surface area contributed by atoms with Crippen LogP contribution in [-0.2, 0) is 6.54 Å². The van der Waals surface area contributed by atoms with Crippen molar-refractivity contribution in [3.05, 3.63) is 57.7 Å². The monoisotopic (exact) mass is 314 g/mol. The Morgan fingerprint density at radius 2 is 1.77 bits per heavy atom. The Labute approximate surface area is 134 Å². The molecule has 0 aliphatic rings. The predicted molar refractivity (Wildman–Crippen MR) is 93.9 cm³/mol. The summed E-state index contributed by atoms with van der Waals surface area (Å²) >= 11 is 6.16. The van der Waals surface area contributed by atoms with E-state index in [1.807, 2.05) is 36.4 Å². The number of aryl methyl sites for hydroxylation is 1. The molecule has 0 unspecified atom stereocenters. The fourth-order valence-electron chi connectivity index (χ4n) is 2.88. The van der Waals surface area contributed by atoms with Crippen molar-refractivity contribution in [2.75, 3.05) is 20.6 Å². The second-order valence-corrected chi connectivity index (χ2v) is 6.25. The van der Waals surface area contributed by atoms with Crippen LogP contribution in [0.5, 0.6) is 0 Å².